The van der Waals surface area contributed by atoms with E-state index in [1.165, 1.54) is 19.2 Å². The van der Waals surface area contributed by atoms with E-state index in [1.54, 1.807) is 85.8 Å². The quantitative estimate of drug-likeness (QED) is 0.121. The molecule has 10 heteroatoms. The summed E-state index contributed by atoms with van der Waals surface area (Å²) in [5.41, 5.74) is 1.33. The molecule has 1 aliphatic rings. The number of esters is 2. The summed E-state index contributed by atoms with van der Waals surface area (Å²) < 4.78 is 50.6. The molecule has 0 bridgehead atoms. The van der Waals surface area contributed by atoms with E-state index in [-0.39, 0.29) is 41.5 Å². The van der Waals surface area contributed by atoms with Gasteiger partial charge < -0.3 is 18.9 Å². The second-order valence-corrected chi connectivity index (χ2v) is 13.2. The van der Waals surface area contributed by atoms with Gasteiger partial charge in [0.15, 0.2) is 15.6 Å². The molecule has 1 aliphatic heterocycles. The fraction of sp³-hybridized carbons (Fsp3) is 0.306. The van der Waals surface area contributed by atoms with Gasteiger partial charge in [0.25, 0.3) is 0 Å². The third-order valence-electron chi connectivity index (χ3n) is 7.83. The Kier molecular flexibility index (Phi) is 11.8. The molecular weight excluding hydrogens is 608 g/mol. The molecule has 4 rings (SSSR count). The first kappa shape index (κ1) is 34.5. The molecule has 2 unspecified atom stereocenters. The smallest absolute Gasteiger partial charge is 0.338 e. The van der Waals surface area contributed by atoms with Crippen LogP contribution < -0.4 is 0 Å². The van der Waals surface area contributed by atoms with Crippen molar-refractivity contribution >= 4 is 27.6 Å². The lowest BCUT2D eigenvalue weighted by Gasteiger charge is -2.25. The predicted molar refractivity (Wildman–Crippen MR) is 172 cm³/mol. The average molecular weight is 647 g/mol. The standard InChI is InChI=1S/C36H38O9S/c1-24(2)25(3)31(37)21-32-30(23-46(40,41)29-18-12-7-13-19-29)34(42-4)33(45-32)20-28(44-36(39)27-16-10-6-11-17-27)22-43-35(38)26-14-8-5-9-15-26/h5-19,28,30,32-34H,1,3,20-23H2,2,4H3/t28-,30?,32?,33+,34+/m0/s1. The zero-order valence-corrected chi connectivity index (χ0v) is 26.7. The Morgan fingerprint density at radius 1 is 0.826 bits per heavy atom. The molecule has 0 aliphatic carbocycles. The van der Waals surface area contributed by atoms with Gasteiger partial charge in [-0.2, -0.15) is 0 Å². The van der Waals surface area contributed by atoms with Crippen LogP contribution >= 0.6 is 0 Å². The molecule has 1 fully saturated rings. The molecule has 0 amide bonds. The summed E-state index contributed by atoms with van der Waals surface area (Å²) in [6, 6.07) is 24.7. The molecule has 1 saturated heterocycles. The molecule has 0 aromatic heterocycles. The van der Waals surface area contributed by atoms with Gasteiger partial charge in [0, 0.05) is 31.4 Å². The van der Waals surface area contributed by atoms with E-state index in [9.17, 15) is 22.8 Å². The first-order valence-electron chi connectivity index (χ1n) is 14.8. The fourth-order valence-electron chi connectivity index (χ4n) is 5.36. The maximum atomic E-state index is 13.5. The number of methoxy groups -OCH3 is 1. The van der Waals surface area contributed by atoms with Crippen molar-refractivity contribution in [2.45, 2.75) is 49.1 Å². The summed E-state index contributed by atoms with van der Waals surface area (Å²) in [7, 11) is -2.39. The summed E-state index contributed by atoms with van der Waals surface area (Å²) in [6.07, 6.45) is -3.65. The molecule has 3 aromatic carbocycles. The first-order valence-corrected chi connectivity index (χ1v) is 16.5. The van der Waals surface area contributed by atoms with E-state index in [0.29, 0.717) is 16.7 Å². The molecule has 3 aromatic rings. The molecule has 0 saturated carbocycles. The lowest BCUT2D eigenvalue weighted by atomic mass is 9.91. The van der Waals surface area contributed by atoms with Crippen LogP contribution in [0, 0.1) is 5.92 Å². The number of carbonyl (C=O) groups excluding carboxylic acids is 3. The van der Waals surface area contributed by atoms with Gasteiger partial charge in [-0.3, -0.25) is 4.79 Å². The van der Waals surface area contributed by atoms with E-state index in [1.807, 2.05) is 0 Å². The molecular formula is C36H38O9S. The summed E-state index contributed by atoms with van der Waals surface area (Å²) in [5.74, 6) is -2.70. The van der Waals surface area contributed by atoms with E-state index < -0.39 is 52.1 Å². The maximum Gasteiger partial charge on any atom is 0.338 e. The SMILES string of the molecule is C=C(C)C(=C)C(=O)CC1O[C@H](C[C@@H](COC(=O)c2ccccc2)OC(=O)c2ccccc2)[C@H](OC)C1CS(=O)(=O)c1ccccc1. The number of ketones is 1. The van der Waals surface area contributed by atoms with Crippen LogP contribution in [0.3, 0.4) is 0 Å². The second kappa shape index (κ2) is 15.8. The molecule has 1 heterocycles. The number of hydrogen-bond donors (Lipinski definition) is 0. The number of carbonyl (C=O) groups is 3. The minimum atomic E-state index is -3.82. The number of sulfone groups is 1. The average Bonchev–Trinajstić information content (AvgIpc) is 3.37. The summed E-state index contributed by atoms with van der Waals surface area (Å²) >= 11 is 0. The monoisotopic (exact) mass is 646 g/mol. The van der Waals surface area contributed by atoms with Crippen molar-refractivity contribution in [3.05, 3.63) is 126 Å². The number of ether oxygens (including phenoxy) is 4. The van der Waals surface area contributed by atoms with Crippen LogP contribution in [-0.2, 0) is 33.6 Å². The van der Waals surface area contributed by atoms with E-state index in [4.69, 9.17) is 18.9 Å². The van der Waals surface area contributed by atoms with Crippen LogP contribution in [0.2, 0.25) is 0 Å². The first-order chi connectivity index (χ1) is 22.0. The predicted octanol–water partition coefficient (Wildman–Crippen LogP) is 5.42. The van der Waals surface area contributed by atoms with Gasteiger partial charge in [-0.05, 0) is 48.9 Å². The van der Waals surface area contributed by atoms with Gasteiger partial charge in [0.1, 0.15) is 12.7 Å². The molecule has 0 spiro atoms. The Morgan fingerprint density at radius 3 is 1.91 bits per heavy atom. The van der Waals surface area contributed by atoms with Crippen molar-refractivity contribution < 1.29 is 41.7 Å². The van der Waals surface area contributed by atoms with Crippen LogP contribution in [0.5, 0.6) is 0 Å². The molecule has 0 radical (unpaired) electrons. The molecule has 242 valence electrons. The van der Waals surface area contributed by atoms with Crippen LogP contribution in [0.4, 0.5) is 0 Å². The van der Waals surface area contributed by atoms with Crippen molar-refractivity contribution in [3.63, 3.8) is 0 Å². The minimum absolute atomic E-state index is 0.00679. The highest BCUT2D eigenvalue weighted by Gasteiger charge is 2.48. The van der Waals surface area contributed by atoms with Crippen LogP contribution in [0.25, 0.3) is 0 Å². The Bertz CT molecular complexity index is 1640. The van der Waals surface area contributed by atoms with E-state index >= 15 is 0 Å². The Labute approximate surface area is 269 Å². The number of allylic oxidation sites excluding steroid dienone is 2. The number of Topliss-reactive ketones (excluding diaryl/α,β-unsaturated/α-hetero) is 1. The van der Waals surface area contributed by atoms with Gasteiger partial charge >= 0.3 is 11.9 Å². The zero-order chi connectivity index (χ0) is 33.3. The van der Waals surface area contributed by atoms with Crippen molar-refractivity contribution in [2.75, 3.05) is 19.5 Å². The fourth-order valence-corrected chi connectivity index (χ4v) is 7.03. The summed E-state index contributed by atoms with van der Waals surface area (Å²) in [5, 5.41) is 0. The lowest BCUT2D eigenvalue weighted by Crippen LogP contribution is -2.38. The maximum absolute atomic E-state index is 13.5. The van der Waals surface area contributed by atoms with Crippen LogP contribution in [0.15, 0.2) is 120 Å². The highest BCUT2D eigenvalue weighted by molar-refractivity contribution is 7.91. The highest BCUT2D eigenvalue weighted by atomic mass is 32.2. The largest absolute Gasteiger partial charge is 0.458 e. The summed E-state index contributed by atoms with van der Waals surface area (Å²) in [4.78, 5) is 39.1. The van der Waals surface area contributed by atoms with Crippen molar-refractivity contribution in [1.29, 1.82) is 0 Å². The number of benzene rings is 3. The van der Waals surface area contributed by atoms with Crippen molar-refractivity contribution in [2.24, 2.45) is 5.92 Å². The third-order valence-corrected chi connectivity index (χ3v) is 9.64. The molecule has 0 N–H and O–H groups in total. The van der Waals surface area contributed by atoms with Crippen LogP contribution in [-0.4, -0.2) is 70.0 Å². The summed E-state index contributed by atoms with van der Waals surface area (Å²) in [6.45, 7) is 8.97. The highest BCUT2D eigenvalue weighted by Crippen LogP contribution is 2.37. The van der Waals surface area contributed by atoms with E-state index in [0.717, 1.165) is 0 Å². The van der Waals surface area contributed by atoms with Gasteiger partial charge in [-0.15, -0.1) is 0 Å². The van der Waals surface area contributed by atoms with Gasteiger partial charge in [-0.1, -0.05) is 67.8 Å². The zero-order valence-electron chi connectivity index (χ0n) is 25.9. The minimum Gasteiger partial charge on any atom is -0.458 e. The van der Waals surface area contributed by atoms with Crippen molar-refractivity contribution in [1.82, 2.24) is 0 Å². The van der Waals surface area contributed by atoms with E-state index in [2.05, 4.69) is 13.2 Å². The number of rotatable bonds is 15. The van der Waals surface area contributed by atoms with Crippen LogP contribution in [0.1, 0.15) is 40.5 Å². The molecule has 46 heavy (non-hydrogen) atoms. The van der Waals surface area contributed by atoms with Crippen molar-refractivity contribution in [3.8, 4) is 0 Å². The topological polar surface area (TPSA) is 122 Å². The van der Waals surface area contributed by atoms with Gasteiger partial charge in [0.05, 0.1) is 40.1 Å². The lowest BCUT2D eigenvalue weighted by molar-refractivity contribution is -0.118. The Morgan fingerprint density at radius 2 is 1.37 bits per heavy atom. The molecule has 9 nitrogen and oxygen atoms in total. The normalized spacial score (nSPS) is 20.0. The number of hydrogen-bond acceptors (Lipinski definition) is 9. The Hall–Kier alpha value is -4.38. The third kappa shape index (κ3) is 8.87. The van der Waals surface area contributed by atoms with Gasteiger partial charge in [0.2, 0.25) is 0 Å². The van der Waals surface area contributed by atoms with Gasteiger partial charge in [-0.25, -0.2) is 18.0 Å². The Balaban J connectivity index is 1.61. The second-order valence-electron chi connectivity index (χ2n) is 11.2. The molecule has 5 atom stereocenters.